The third-order valence-electron chi connectivity index (χ3n) is 11.2. The van der Waals surface area contributed by atoms with Gasteiger partial charge in [-0.15, -0.1) is 11.3 Å². The van der Waals surface area contributed by atoms with Gasteiger partial charge in [0.25, 0.3) is 0 Å². The molecule has 9 aromatic carbocycles. The average Bonchev–Trinajstić information content (AvgIpc) is 3.94. The van der Waals surface area contributed by atoms with Crippen molar-refractivity contribution in [3.05, 3.63) is 188 Å². The monoisotopic (exact) mass is 733 g/mol. The van der Waals surface area contributed by atoms with Gasteiger partial charge in [0.15, 0.2) is 0 Å². The van der Waals surface area contributed by atoms with E-state index in [1.165, 1.54) is 42.1 Å². The molecule has 12 rings (SSSR count). The molecular weight excluding hydrogens is 703 g/mol. The topological polar surface area (TPSA) is 29.5 Å². The number of hydrogen-bond donors (Lipinski definition) is 0. The van der Waals surface area contributed by atoms with Crippen LogP contribution in [0.15, 0.2) is 197 Å². The Kier molecular flexibility index (Phi) is 6.80. The van der Waals surface area contributed by atoms with Crippen LogP contribution in [-0.2, 0) is 0 Å². The van der Waals surface area contributed by atoms with Gasteiger partial charge < -0.3 is 13.7 Å². The molecule has 0 saturated carbocycles. The van der Waals surface area contributed by atoms with Gasteiger partial charge in [0.2, 0.25) is 0 Å². The van der Waals surface area contributed by atoms with E-state index in [9.17, 15) is 0 Å². The van der Waals surface area contributed by atoms with Crippen molar-refractivity contribution in [1.82, 2.24) is 0 Å². The molecule has 0 aliphatic rings. The van der Waals surface area contributed by atoms with Gasteiger partial charge in [-0.05, 0) is 94.2 Å². The Morgan fingerprint density at radius 2 is 1.04 bits per heavy atom. The Morgan fingerprint density at radius 3 is 1.93 bits per heavy atom. The molecule has 0 N–H and O–H groups in total. The van der Waals surface area contributed by atoms with Crippen molar-refractivity contribution < 1.29 is 8.83 Å². The van der Waals surface area contributed by atoms with Crippen LogP contribution < -0.4 is 4.90 Å². The third-order valence-corrected chi connectivity index (χ3v) is 12.4. The molecular formula is C52H31NO2S. The Labute approximate surface area is 325 Å². The van der Waals surface area contributed by atoms with Crippen molar-refractivity contribution in [2.75, 3.05) is 4.90 Å². The van der Waals surface area contributed by atoms with Gasteiger partial charge in [-0.3, -0.25) is 0 Å². The SMILES string of the molecule is c1ccc(-c2cccc(N(c3ccc(-c4cccc5c4oc4ccccc45)cc3)c3ccc4c(c3)sc3ccc5c6cc7ccccc7cc6oc5c34)c2)cc1. The van der Waals surface area contributed by atoms with E-state index in [1.54, 1.807) is 0 Å². The van der Waals surface area contributed by atoms with E-state index in [0.29, 0.717) is 0 Å². The fourth-order valence-electron chi connectivity index (χ4n) is 8.57. The lowest BCUT2D eigenvalue weighted by molar-refractivity contribution is 0.670. The predicted octanol–water partition coefficient (Wildman–Crippen LogP) is 15.8. The van der Waals surface area contributed by atoms with Crippen LogP contribution in [0.4, 0.5) is 17.1 Å². The lowest BCUT2D eigenvalue weighted by atomic mass is 10.0. The molecule has 0 aliphatic heterocycles. The minimum absolute atomic E-state index is 0.905. The molecule has 56 heavy (non-hydrogen) atoms. The molecule has 0 fully saturated rings. The molecule has 0 saturated heterocycles. The Hall–Kier alpha value is -7.14. The van der Waals surface area contributed by atoms with Crippen molar-refractivity contribution in [3.8, 4) is 22.3 Å². The summed E-state index contributed by atoms with van der Waals surface area (Å²) in [5.74, 6) is 0. The molecule has 0 atom stereocenters. The van der Waals surface area contributed by atoms with Crippen LogP contribution in [0.3, 0.4) is 0 Å². The summed E-state index contributed by atoms with van der Waals surface area (Å²) in [5.41, 5.74) is 11.5. The normalized spacial score (nSPS) is 11.9. The zero-order valence-corrected chi connectivity index (χ0v) is 30.9. The van der Waals surface area contributed by atoms with Gasteiger partial charge >= 0.3 is 0 Å². The van der Waals surface area contributed by atoms with Crippen molar-refractivity contribution in [2.45, 2.75) is 0 Å². The first-order valence-corrected chi connectivity index (χ1v) is 19.7. The number of benzene rings is 9. The molecule has 0 radical (unpaired) electrons. The van der Waals surface area contributed by atoms with E-state index in [-0.39, 0.29) is 0 Å². The lowest BCUT2D eigenvalue weighted by Crippen LogP contribution is -2.09. The lowest BCUT2D eigenvalue weighted by Gasteiger charge is -2.26. The van der Waals surface area contributed by atoms with Crippen LogP contribution in [-0.4, -0.2) is 0 Å². The Balaban J connectivity index is 1.01. The summed E-state index contributed by atoms with van der Waals surface area (Å²) < 4.78 is 15.5. The summed E-state index contributed by atoms with van der Waals surface area (Å²) in [6, 6.07) is 67.2. The first-order valence-electron chi connectivity index (χ1n) is 18.9. The van der Waals surface area contributed by atoms with E-state index in [1.807, 2.05) is 23.5 Å². The molecule has 3 heterocycles. The first kappa shape index (κ1) is 31.2. The maximum Gasteiger partial charge on any atom is 0.144 e. The fraction of sp³-hybridized carbons (Fsp3) is 0. The van der Waals surface area contributed by atoms with E-state index < -0.39 is 0 Å². The van der Waals surface area contributed by atoms with Crippen LogP contribution in [0.25, 0.3) is 97.1 Å². The van der Waals surface area contributed by atoms with E-state index >= 15 is 0 Å². The third kappa shape index (κ3) is 4.83. The van der Waals surface area contributed by atoms with Crippen molar-refractivity contribution in [3.63, 3.8) is 0 Å². The minimum Gasteiger partial charge on any atom is -0.455 e. The number of anilines is 3. The van der Waals surface area contributed by atoms with Crippen LogP contribution in [0.5, 0.6) is 0 Å². The Bertz CT molecular complexity index is 3480. The van der Waals surface area contributed by atoms with Crippen LogP contribution >= 0.6 is 11.3 Å². The highest BCUT2D eigenvalue weighted by atomic mass is 32.1. The molecule has 0 bridgehead atoms. The van der Waals surface area contributed by atoms with Gasteiger partial charge in [-0.1, -0.05) is 121 Å². The molecule has 0 aliphatic carbocycles. The number of furan rings is 2. The summed E-state index contributed by atoms with van der Waals surface area (Å²) >= 11 is 1.82. The number of hydrogen-bond acceptors (Lipinski definition) is 4. The summed E-state index contributed by atoms with van der Waals surface area (Å²) in [7, 11) is 0. The summed E-state index contributed by atoms with van der Waals surface area (Å²) in [4.78, 5) is 2.37. The molecule has 262 valence electrons. The minimum atomic E-state index is 0.905. The fourth-order valence-corrected chi connectivity index (χ4v) is 9.71. The van der Waals surface area contributed by atoms with E-state index in [0.717, 1.165) is 72.1 Å². The van der Waals surface area contributed by atoms with Crippen LogP contribution in [0.2, 0.25) is 0 Å². The summed E-state index contributed by atoms with van der Waals surface area (Å²) in [6.07, 6.45) is 0. The Morgan fingerprint density at radius 1 is 0.357 bits per heavy atom. The number of nitrogens with zero attached hydrogens (tertiary/aromatic N) is 1. The van der Waals surface area contributed by atoms with E-state index in [4.69, 9.17) is 8.83 Å². The molecule has 12 aromatic rings. The number of fused-ring (bicyclic) bond motifs is 11. The van der Waals surface area contributed by atoms with Gasteiger partial charge in [0, 0.05) is 64.3 Å². The van der Waals surface area contributed by atoms with Crippen LogP contribution in [0, 0.1) is 0 Å². The highest BCUT2D eigenvalue weighted by Gasteiger charge is 2.20. The highest BCUT2D eigenvalue weighted by molar-refractivity contribution is 7.26. The zero-order valence-electron chi connectivity index (χ0n) is 30.1. The largest absolute Gasteiger partial charge is 0.455 e. The molecule has 4 heteroatoms. The van der Waals surface area contributed by atoms with Crippen LogP contribution in [0.1, 0.15) is 0 Å². The van der Waals surface area contributed by atoms with Crippen molar-refractivity contribution in [1.29, 1.82) is 0 Å². The van der Waals surface area contributed by atoms with Crippen molar-refractivity contribution >= 4 is 103 Å². The number of rotatable bonds is 5. The first-order chi connectivity index (χ1) is 27.7. The van der Waals surface area contributed by atoms with Gasteiger partial charge in [0.05, 0.1) is 0 Å². The second-order valence-corrected chi connectivity index (χ2v) is 15.6. The summed E-state index contributed by atoms with van der Waals surface area (Å²) in [6.45, 7) is 0. The predicted molar refractivity (Wildman–Crippen MR) is 237 cm³/mol. The maximum atomic E-state index is 6.69. The van der Waals surface area contributed by atoms with Gasteiger partial charge in [-0.25, -0.2) is 0 Å². The van der Waals surface area contributed by atoms with Gasteiger partial charge in [-0.2, -0.15) is 0 Å². The summed E-state index contributed by atoms with van der Waals surface area (Å²) in [5, 5.41) is 9.36. The standard InChI is InChI=1S/C52H31NO2S/c1-2-10-32(11-3-1)34-14-8-15-38(28-34)53(37-22-20-33(21-23-37)40-17-9-18-42-41-16-6-7-19-46(41)54-51(40)42)39-24-25-44-49(31-39)56-48-27-26-43-45-29-35-12-4-5-13-36(35)30-47(45)55-52(43)50(44)48/h1-31H. The quantitative estimate of drug-likeness (QED) is 0.176. The molecule has 3 aromatic heterocycles. The van der Waals surface area contributed by atoms with E-state index in [2.05, 4.69) is 181 Å². The van der Waals surface area contributed by atoms with Gasteiger partial charge in [0.1, 0.15) is 22.3 Å². The van der Waals surface area contributed by atoms with Crippen molar-refractivity contribution in [2.24, 2.45) is 0 Å². The second-order valence-electron chi connectivity index (χ2n) is 14.5. The molecule has 0 amide bonds. The second kappa shape index (κ2) is 12.2. The smallest absolute Gasteiger partial charge is 0.144 e. The molecule has 3 nitrogen and oxygen atoms in total. The molecule has 0 unspecified atom stereocenters. The average molecular weight is 734 g/mol. The molecule has 0 spiro atoms. The number of para-hydroxylation sites is 2. The highest BCUT2D eigenvalue weighted by Crippen LogP contribution is 2.46. The number of thiophene rings is 1. The zero-order chi connectivity index (χ0) is 36.7. The maximum absolute atomic E-state index is 6.69.